The van der Waals surface area contributed by atoms with Crippen LogP contribution < -0.4 is 5.32 Å². The molecule has 1 aromatic rings. The van der Waals surface area contributed by atoms with Crippen LogP contribution in [0, 0.1) is 0 Å². The Kier molecular flexibility index (Phi) is 5.38. The van der Waals surface area contributed by atoms with Crippen molar-refractivity contribution in [3.63, 3.8) is 0 Å². The lowest BCUT2D eigenvalue weighted by Crippen LogP contribution is -2.60. The van der Waals surface area contributed by atoms with Crippen LogP contribution in [-0.2, 0) is 11.5 Å². The molecule has 2 aliphatic rings. The summed E-state index contributed by atoms with van der Waals surface area (Å²) in [6.07, 6.45) is 3.20. The smallest absolute Gasteiger partial charge is 0.407 e. The molecule has 26 heavy (non-hydrogen) atoms. The minimum absolute atomic E-state index is 0.152. The van der Waals surface area contributed by atoms with E-state index in [1.165, 1.54) is 4.90 Å². The zero-order valence-electron chi connectivity index (χ0n) is 15.7. The van der Waals surface area contributed by atoms with Gasteiger partial charge in [0.05, 0.1) is 11.7 Å². The number of rotatable bonds is 8. The van der Waals surface area contributed by atoms with Crippen LogP contribution in [0.4, 0.5) is 4.79 Å². The largest absolute Gasteiger partial charge is 0.465 e. The zero-order valence-corrected chi connectivity index (χ0v) is 16.7. The molecule has 0 aromatic carbocycles. The quantitative estimate of drug-likeness (QED) is 0.532. The van der Waals surface area contributed by atoms with Crippen LogP contribution in [0.5, 0.6) is 0 Å². The van der Waals surface area contributed by atoms with E-state index in [0.717, 1.165) is 24.6 Å². The molecule has 9 heteroatoms. The third-order valence-corrected chi connectivity index (χ3v) is 6.41. The van der Waals surface area contributed by atoms with E-state index in [9.17, 15) is 9.59 Å². The highest BCUT2D eigenvalue weighted by atomic mass is 28.3. The van der Waals surface area contributed by atoms with E-state index in [-0.39, 0.29) is 11.9 Å². The third kappa shape index (κ3) is 4.85. The zero-order chi connectivity index (χ0) is 18.9. The minimum Gasteiger partial charge on any atom is -0.465 e. The second-order valence-corrected chi connectivity index (χ2v) is 14.1. The lowest BCUT2D eigenvalue weighted by atomic mass is 10.1. The molecule has 0 bridgehead atoms. The van der Waals surface area contributed by atoms with Crippen molar-refractivity contribution < 1.29 is 19.4 Å². The van der Waals surface area contributed by atoms with Crippen molar-refractivity contribution in [2.45, 2.75) is 57.2 Å². The van der Waals surface area contributed by atoms with Crippen LogP contribution >= 0.6 is 0 Å². The van der Waals surface area contributed by atoms with Gasteiger partial charge in [0.15, 0.2) is 0 Å². The molecule has 2 N–H and O–H groups in total. The van der Waals surface area contributed by atoms with Gasteiger partial charge in [-0.05, 0) is 18.9 Å². The standard InChI is InChI=1S/C17H28N4O4Si/c1-26(2,3)7-6-25-11-21-10-14(12-4-5-12)19-15(21)16(22)18-13-8-20(9-13)17(23)24/h10,12-13H,4-9,11H2,1-3H3,(H,18,22)(H,23,24). The molecular formula is C17H28N4O4Si. The summed E-state index contributed by atoms with van der Waals surface area (Å²) in [4.78, 5) is 29.2. The monoisotopic (exact) mass is 380 g/mol. The van der Waals surface area contributed by atoms with Gasteiger partial charge in [-0.1, -0.05) is 19.6 Å². The van der Waals surface area contributed by atoms with Crippen molar-refractivity contribution in [3.8, 4) is 0 Å². The number of nitrogens with one attached hydrogen (secondary N) is 1. The van der Waals surface area contributed by atoms with Crippen molar-refractivity contribution in [2.24, 2.45) is 0 Å². The molecule has 1 saturated heterocycles. The summed E-state index contributed by atoms with van der Waals surface area (Å²) in [6, 6.07) is 0.923. The van der Waals surface area contributed by atoms with Gasteiger partial charge in [0.2, 0.25) is 5.82 Å². The molecule has 1 aromatic heterocycles. The van der Waals surface area contributed by atoms with Crippen molar-refractivity contribution in [2.75, 3.05) is 19.7 Å². The number of hydrogen-bond donors (Lipinski definition) is 2. The molecule has 144 valence electrons. The fourth-order valence-electron chi connectivity index (χ4n) is 2.81. The number of likely N-dealkylation sites (tertiary alicyclic amines) is 1. The summed E-state index contributed by atoms with van der Waals surface area (Å²) < 4.78 is 7.56. The van der Waals surface area contributed by atoms with Gasteiger partial charge < -0.3 is 24.6 Å². The fraction of sp³-hybridized carbons (Fsp3) is 0.706. The minimum atomic E-state index is -1.15. The van der Waals surface area contributed by atoms with Crippen molar-refractivity contribution in [1.29, 1.82) is 0 Å². The van der Waals surface area contributed by atoms with Gasteiger partial charge in [0.1, 0.15) is 6.73 Å². The Bertz CT molecular complexity index is 675. The van der Waals surface area contributed by atoms with Gasteiger partial charge >= 0.3 is 6.09 Å². The summed E-state index contributed by atoms with van der Waals surface area (Å²) in [5.74, 6) is 0.547. The van der Waals surface area contributed by atoms with Gasteiger partial charge in [-0.3, -0.25) is 4.79 Å². The maximum Gasteiger partial charge on any atom is 0.407 e. The fourth-order valence-corrected chi connectivity index (χ4v) is 3.57. The Balaban J connectivity index is 1.58. The molecule has 2 amide bonds. The Labute approximate surface area is 154 Å². The van der Waals surface area contributed by atoms with E-state index >= 15 is 0 Å². The molecule has 0 spiro atoms. The number of carbonyl (C=O) groups is 2. The van der Waals surface area contributed by atoms with E-state index in [1.807, 2.05) is 6.20 Å². The number of nitrogens with zero attached hydrogens (tertiary/aromatic N) is 3. The highest BCUT2D eigenvalue weighted by molar-refractivity contribution is 6.76. The van der Waals surface area contributed by atoms with Crippen LogP contribution in [0.25, 0.3) is 0 Å². The average molecular weight is 381 g/mol. The van der Waals surface area contributed by atoms with Crippen LogP contribution in [0.15, 0.2) is 6.20 Å². The highest BCUT2D eigenvalue weighted by Crippen LogP contribution is 2.39. The van der Waals surface area contributed by atoms with E-state index in [0.29, 0.717) is 38.2 Å². The molecule has 2 heterocycles. The summed E-state index contributed by atoms with van der Waals surface area (Å²) in [5.41, 5.74) is 0.949. The SMILES string of the molecule is C[Si](C)(C)CCOCn1cc(C2CC2)nc1C(=O)NC1CN(C(=O)O)C1. The summed E-state index contributed by atoms with van der Waals surface area (Å²) >= 11 is 0. The number of amides is 2. The highest BCUT2D eigenvalue weighted by Gasteiger charge is 2.33. The van der Waals surface area contributed by atoms with Gasteiger partial charge in [-0.15, -0.1) is 0 Å². The van der Waals surface area contributed by atoms with E-state index < -0.39 is 14.2 Å². The van der Waals surface area contributed by atoms with Crippen molar-refractivity contribution in [3.05, 3.63) is 17.7 Å². The number of carboxylic acid groups (broad SMARTS) is 1. The van der Waals surface area contributed by atoms with E-state index in [1.54, 1.807) is 4.57 Å². The Morgan fingerprint density at radius 3 is 2.62 bits per heavy atom. The molecule has 8 nitrogen and oxygen atoms in total. The molecule has 0 radical (unpaired) electrons. The Morgan fingerprint density at radius 2 is 2.04 bits per heavy atom. The molecular weight excluding hydrogens is 352 g/mol. The lowest BCUT2D eigenvalue weighted by Gasteiger charge is -2.37. The number of ether oxygens (including phenoxy) is 1. The predicted octanol–water partition coefficient (Wildman–Crippen LogP) is 2.16. The first-order valence-corrected chi connectivity index (χ1v) is 12.9. The molecule has 1 aliphatic carbocycles. The first kappa shape index (κ1) is 18.9. The molecule has 2 fully saturated rings. The van der Waals surface area contributed by atoms with E-state index in [4.69, 9.17) is 9.84 Å². The van der Waals surface area contributed by atoms with Crippen LogP contribution in [-0.4, -0.2) is 65.4 Å². The Hall–Kier alpha value is -1.87. The van der Waals surface area contributed by atoms with Gasteiger partial charge in [-0.2, -0.15) is 0 Å². The molecule has 3 rings (SSSR count). The average Bonchev–Trinajstić information content (AvgIpc) is 3.26. The maximum atomic E-state index is 12.6. The topological polar surface area (TPSA) is 96.7 Å². The number of carbonyl (C=O) groups excluding carboxylic acids is 1. The molecule has 0 unspecified atom stereocenters. The van der Waals surface area contributed by atoms with Gasteiger partial charge in [-0.25, -0.2) is 9.78 Å². The molecule has 1 saturated carbocycles. The maximum absolute atomic E-state index is 12.6. The van der Waals surface area contributed by atoms with Crippen LogP contribution in [0.2, 0.25) is 25.7 Å². The summed E-state index contributed by atoms with van der Waals surface area (Å²) in [7, 11) is -1.15. The number of imidazole rings is 1. The van der Waals surface area contributed by atoms with Crippen molar-refractivity contribution >= 4 is 20.1 Å². The lowest BCUT2D eigenvalue weighted by molar-refractivity contribution is 0.0699. The third-order valence-electron chi connectivity index (χ3n) is 4.71. The molecule has 1 aliphatic heterocycles. The second kappa shape index (κ2) is 7.40. The van der Waals surface area contributed by atoms with E-state index in [2.05, 4.69) is 29.9 Å². The van der Waals surface area contributed by atoms with Crippen LogP contribution in [0.3, 0.4) is 0 Å². The van der Waals surface area contributed by atoms with Gasteiger partial charge in [0.25, 0.3) is 5.91 Å². The van der Waals surface area contributed by atoms with Crippen molar-refractivity contribution in [1.82, 2.24) is 19.8 Å². The second-order valence-electron chi connectivity index (χ2n) is 8.44. The van der Waals surface area contributed by atoms with Crippen LogP contribution in [0.1, 0.15) is 35.1 Å². The number of aromatic nitrogens is 2. The normalized spacial score (nSPS) is 17.9. The first-order valence-electron chi connectivity index (χ1n) is 9.16. The molecule has 0 atom stereocenters. The Morgan fingerprint density at radius 1 is 1.35 bits per heavy atom. The summed E-state index contributed by atoms with van der Waals surface area (Å²) in [5, 5.41) is 11.7. The number of hydrogen-bond acceptors (Lipinski definition) is 4. The van der Waals surface area contributed by atoms with Gasteiger partial charge in [0, 0.05) is 39.9 Å². The first-order chi connectivity index (χ1) is 12.2. The predicted molar refractivity (Wildman–Crippen MR) is 99.2 cm³/mol. The summed E-state index contributed by atoms with van der Waals surface area (Å²) in [6.45, 7) is 8.56.